The molecule has 1 aromatic carbocycles. The van der Waals surface area contributed by atoms with Gasteiger partial charge in [0.25, 0.3) is 0 Å². The van der Waals surface area contributed by atoms with E-state index in [1.165, 1.54) is 5.56 Å². The largest absolute Gasteiger partial charge is 0.395 e. The Kier molecular flexibility index (Phi) is 3.84. The molecule has 2 N–H and O–H groups in total. The standard InChI is InChI=1S/C15H22N2O2/c18-10-9-16-5-7-17(8-6-16)14-11-12-3-1-2-4-13(12)15(14)19/h1-4,14-15,18-19H,5-11H2. The number of nitrogens with zero attached hydrogens (tertiary/aromatic N) is 2. The molecule has 0 spiro atoms. The van der Waals surface area contributed by atoms with Gasteiger partial charge in [0.15, 0.2) is 0 Å². The lowest BCUT2D eigenvalue weighted by atomic mass is 10.1. The van der Waals surface area contributed by atoms with Crippen LogP contribution < -0.4 is 0 Å². The van der Waals surface area contributed by atoms with Crippen LogP contribution in [-0.4, -0.2) is 65.4 Å². The van der Waals surface area contributed by atoms with Gasteiger partial charge in [-0.05, 0) is 17.5 Å². The third-order valence-corrected chi connectivity index (χ3v) is 4.46. The van der Waals surface area contributed by atoms with E-state index in [0.717, 1.165) is 44.7 Å². The van der Waals surface area contributed by atoms with Crippen LogP contribution in [0.2, 0.25) is 0 Å². The molecule has 1 aliphatic heterocycles. The summed E-state index contributed by atoms with van der Waals surface area (Å²) in [6.07, 6.45) is 0.609. The second-order valence-electron chi connectivity index (χ2n) is 5.52. The molecule has 0 saturated carbocycles. The molecule has 0 bridgehead atoms. The molecule has 2 unspecified atom stereocenters. The predicted molar refractivity (Wildman–Crippen MR) is 74.0 cm³/mol. The van der Waals surface area contributed by atoms with E-state index in [0.29, 0.717) is 0 Å². The first-order valence-corrected chi connectivity index (χ1v) is 7.12. The molecule has 0 aromatic heterocycles. The SMILES string of the molecule is OCCN1CCN(C2Cc3ccccc3C2O)CC1. The van der Waals surface area contributed by atoms with Crippen LogP contribution in [0.1, 0.15) is 17.2 Å². The molecule has 1 heterocycles. The number of benzene rings is 1. The summed E-state index contributed by atoms with van der Waals surface area (Å²) in [6, 6.07) is 8.45. The van der Waals surface area contributed by atoms with E-state index in [1.54, 1.807) is 0 Å². The predicted octanol–water partition coefficient (Wildman–Crippen LogP) is 0.255. The van der Waals surface area contributed by atoms with E-state index in [-0.39, 0.29) is 18.8 Å². The van der Waals surface area contributed by atoms with Gasteiger partial charge in [-0.15, -0.1) is 0 Å². The van der Waals surface area contributed by atoms with Crippen LogP contribution in [-0.2, 0) is 6.42 Å². The van der Waals surface area contributed by atoms with Crippen molar-refractivity contribution in [3.63, 3.8) is 0 Å². The zero-order valence-corrected chi connectivity index (χ0v) is 11.2. The maximum atomic E-state index is 10.5. The zero-order chi connectivity index (χ0) is 13.2. The second kappa shape index (κ2) is 5.59. The summed E-state index contributed by atoms with van der Waals surface area (Å²) in [5, 5.41) is 19.4. The third-order valence-electron chi connectivity index (χ3n) is 4.46. The fourth-order valence-corrected chi connectivity index (χ4v) is 3.34. The molecule has 2 aliphatic rings. The van der Waals surface area contributed by atoms with Crippen LogP contribution >= 0.6 is 0 Å². The number of aliphatic hydroxyl groups excluding tert-OH is 2. The average molecular weight is 262 g/mol. The summed E-state index contributed by atoms with van der Waals surface area (Å²) in [5.74, 6) is 0. The van der Waals surface area contributed by atoms with Crippen LogP contribution in [0, 0.1) is 0 Å². The molecule has 1 saturated heterocycles. The van der Waals surface area contributed by atoms with Gasteiger partial charge in [0.1, 0.15) is 0 Å². The summed E-state index contributed by atoms with van der Waals surface area (Å²) in [6.45, 7) is 4.93. The molecule has 19 heavy (non-hydrogen) atoms. The van der Waals surface area contributed by atoms with Gasteiger partial charge in [-0.3, -0.25) is 9.80 Å². The number of hydrogen-bond donors (Lipinski definition) is 2. The van der Waals surface area contributed by atoms with Crippen molar-refractivity contribution in [2.45, 2.75) is 18.6 Å². The molecule has 0 radical (unpaired) electrons. The zero-order valence-electron chi connectivity index (χ0n) is 11.2. The summed E-state index contributed by atoms with van der Waals surface area (Å²) in [5.41, 5.74) is 2.39. The van der Waals surface area contributed by atoms with E-state index in [1.807, 2.05) is 18.2 Å². The van der Waals surface area contributed by atoms with Crippen molar-refractivity contribution in [1.29, 1.82) is 0 Å². The van der Waals surface area contributed by atoms with Crippen LogP contribution in [0.5, 0.6) is 0 Å². The number of piperazine rings is 1. The fraction of sp³-hybridized carbons (Fsp3) is 0.600. The molecule has 0 amide bonds. The summed E-state index contributed by atoms with van der Waals surface area (Å²) in [4.78, 5) is 4.68. The Morgan fingerprint density at radius 2 is 1.84 bits per heavy atom. The molecule has 4 heteroatoms. The molecule has 3 rings (SSSR count). The molecule has 4 nitrogen and oxygen atoms in total. The number of rotatable bonds is 3. The minimum Gasteiger partial charge on any atom is -0.395 e. The third kappa shape index (κ3) is 2.54. The highest BCUT2D eigenvalue weighted by molar-refractivity contribution is 5.35. The highest BCUT2D eigenvalue weighted by Crippen LogP contribution is 2.34. The maximum Gasteiger partial charge on any atom is 0.0951 e. The van der Waals surface area contributed by atoms with Crippen molar-refractivity contribution in [2.75, 3.05) is 39.3 Å². The van der Waals surface area contributed by atoms with Crippen molar-refractivity contribution in [3.8, 4) is 0 Å². The van der Waals surface area contributed by atoms with Crippen molar-refractivity contribution >= 4 is 0 Å². The molecule has 1 aromatic rings. The summed E-state index contributed by atoms with van der Waals surface area (Å²) in [7, 11) is 0. The lowest BCUT2D eigenvalue weighted by molar-refractivity contribution is 0.0241. The number of β-amino-alcohol motifs (C(OH)–C–C–N with tert-alkyl or cyclic N) is 1. The van der Waals surface area contributed by atoms with E-state index in [9.17, 15) is 5.11 Å². The van der Waals surface area contributed by atoms with Gasteiger partial charge >= 0.3 is 0 Å². The fourth-order valence-electron chi connectivity index (χ4n) is 3.34. The van der Waals surface area contributed by atoms with Crippen LogP contribution in [0.3, 0.4) is 0 Å². The van der Waals surface area contributed by atoms with E-state index in [2.05, 4.69) is 15.9 Å². The Labute approximate surface area is 114 Å². The minimum atomic E-state index is -0.347. The Balaban J connectivity index is 1.63. The smallest absolute Gasteiger partial charge is 0.0951 e. The van der Waals surface area contributed by atoms with Crippen molar-refractivity contribution in [2.24, 2.45) is 0 Å². The lowest BCUT2D eigenvalue weighted by Gasteiger charge is -2.38. The lowest BCUT2D eigenvalue weighted by Crippen LogP contribution is -2.51. The van der Waals surface area contributed by atoms with Gasteiger partial charge in [0.05, 0.1) is 12.7 Å². The van der Waals surface area contributed by atoms with Gasteiger partial charge in [-0.25, -0.2) is 0 Å². The Morgan fingerprint density at radius 1 is 1.11 bits per heavy atom. The van der Waals surface area contributed by atoms with Gasteiger partial charge in [0, 0.05) is 38.8 Å². The Hall–Kier alpha value is -0.940. The van der Waals surface area contributed by atoms with Gasteiger partial charge < -0.3 is 10.2 Å². The minimum absolute atomic E-state index is 0.230. The van der Waals surface area contributed by atoms with Gasteiger partial charge in [0.2, 0.25) is 0 Å². The number of aliphatic hydroxyl groups is 2. The maximum absolute atomic E-state index is 10.5. The first-order chi connectivity index (χ1) is 9.29. The monoisotopic (exact) mass is 262 g/mol. The average Bonchev–Trinajstić information content (AvgIpc) is 2.78. The molecular weight excluding hydrogens is 240 g/mol. The van der Waals surface area contributed by atoms with E-state index < -0.39 is 0 Å². The van der Waals surface area contributed by atoms with Crippen molar-refractivity contribution in [1.82, 2.24) is 9.80 Å². The van der Waals surface area contributed by atoms with Gasteiger partial charge in [-0.2, -0.15) is 0 Å². The van der Waals surface area contributed by atoms with Gasteiger partial charge in [-0.1, -0.05) is 24.3 Å². The Morgan fingerprint density at radius 3 is 2.53 bits per heavy atom. The highest BCUT2D eigenvalue weighted by Gasteiger charge is 2.35. The first kappa shape index (κ1) is 13.1. The van der Waals surface area contributed by atoms with E-state index in [4.69, 9.17) is 5.11 Å². The number of hydrogen-bond acceptors (Lipinski definition) is 4. The van der Waals surface area contributed by atoms with Crippen LogP contribution in [0.15, 0.2) is 24.3 Å². The first-order valence-electron chi connectivity index (χ1n) is 7.12. The molecule has 104 valence electrons. The molecule has 1 fully saturated rings. The topological polar surface area (TPSA) is 46.9 Å². The summed E-state index contributed by atoms with van der Waals surface area (Å²) < 4.78 is 0. The summed E-state index contributed by atoms with van der Waals surface area (Å²) >= 11 is 0. The second-order valence-corrected chi connectivity index (χ2v) is 5.52. The van der Waals surface area contributed by atoms with E-state index >= 15 is 0 Å². The molecule has 2 atom stereocenters. The van der Waals surface area contributed by atoms with Crippen LogP contribution in [0.4, 0.5) is 0 Å². The normalized spacial score (nSPS) is 28.5. The number of fused-ring (bicyclic) bond motifs is 1. The van der Waals surface area contributed by atoms with Crippen molar-refractivity contribution < 1.29 is 10.2 Å². The molecular formula is C15H22N2O2. The quantitative estimate of drug-likeness (QED) is 0.820. The molecule has 1 aliphatic carbocycles. The van der Waals surface area contributed by atoms with Crippen LogP contribution in [0.25, 0.3) is 0 Å². The Bertz CT molecular complexity index is 430. The highest BCUT2D eigenvalue weighted by atomic mass is 16.3. The van der Waals surface area contributed by atoms with Crippen molar-refractivity contribution in [3.05, 3.63) is 35.4 Å².